The first-order valence-electron chi connectivity index (χ1n) is 12.7. The topological polar surface area (TPSA) is 60.9 Å². The number of fused-ring (bicyclic) bond motifs is 7. The van der Waals surface area contributed by atoms with Gasteiger partial charge in [-0.15, -0.1) is 0 Å². The number of imide groups is 1. The maximum Gasteiger partial charge on any atom is 0.253 e. The minimum absolute atomic E-state index is 0.0744. The second kappa shape index (κ2) is 7.87. The van der Waals surface area contributed by atoms with Crippen LogP contribution in [0.15, 0.2) is 84.9 Å². The van der Waals surface area contributed by atoms with Gasteiger partial charge in [0, 0.05) is 17.3 Å². The summed E-state index contributed by atoms with van der Waals surface area (Å²) in [6, 6.07) is 27.3. The number of likely N-dealkylation sites (tertiary alicyclic amines) is 1. The molecule has 0 N–H and O–H groups in total. The van der Waals surface area contributed by atoms with Crippen molar-refractivity contribution in [2.24, 2.45) is 11.8 Å². The van der Waals surface area contributed by atoms with Gasteiger partial charge in [0.15, 0.2) is 0 Å². The van der Waals surface area contributed by atoms with E-state index >= 15 is 0 Å². The van der Waals surface area contributed by atoms with Crippen LogP contribution in [0.3, 0.4) is 0 Å². The third-order valence-corrected chi connectivity index (χ3v) is 8.60. The van der Waals surface area contributed by atoms with E-state index in [2.05, 4.69) is 4.90 Å². The number of carbonyl (C=O) groups excluding carboxylic acids is 3. The molecule has 3 aromatic rings. The minimum Gasteiger partial charge on any atom is -0.306 e. The van der Waals surface area contributed by atoms with Gasteiger partial charge in [-0.3, -0.25) is 24.2 Å². The maximum absolute atomic E-state index is 14.6. The van der Waals surface area contributed by atoms with Crippen LogP contribution in [0.2, 0.25) is 0 Å². The summed E-state index contributed by atoms with van der Waals surface area (Å²) in [7, 11) is 0. The van der Waals surface area contributed by atoms with Crippen LogP contribution in [-0.4, -0.2) is 40.1 Å². The monoisotopic (exact) mass is 477 g/mol. The molecule has 0 bridgehead atoms. The summed E-state index contributed by atoms with van der Waals surface area (Å²) in [5.74, 6) is -1.61. The fourth-order valence-corrected chi connectivity index (χ4v) is 7.24. The third kappa shape index (κ3) is 2.73. The summed E-state index contributed by atoms with van der Waals surface area (Å²) >= 11 is 0. The van der Waals surface area contributed by atoms with Gasteiger partial charge in [-0.2, -0.15) is 0 Å². The Labute approximate surface area is 210 Å². The van der Waals surface area contributed by atoms with Crippen molar-refractivity contribution >= 4 is 23.4 Å². The fraction of sp³-hybridized carbons (Fsp3) is 0.300. The Morgan fingerprint density at radius 2 is 1.33 bits per heavy atom. The van der Waals surface area contributed by atoms with Crippen molar-refractivity contribution < 1.29 is 14.4 Å². The van der Waals surface area contributed by atoms with Crippen molar-refractivity contribution in [1.82, 2.24) is 9.80 Å². The van der Waals surface area contributed by atoms with E-state index in [1.54, 1.807) is 0 Å². The fourth-order valence-electron chi connectivity index (χ4n) is 7.24. The molecule has 0 unspecified atom stereocenters. The van der Waals surface area contributed by atoms with Crippen LogP contribution >= 0.6 is 0 Å². The highest BCUT2D eigenvalue weighted by Gasteiger charge is 2.75. The molecule has 4 aliphatic rings. The highest BCUT2D eigenvalue weighted by molar-refractivity contribution is 6.16. The SMILES string of the molecule is O=C1[C@@H]2[C@H]3CCCN3[C@]3(C(=O)N(Cc4ccccc4)c4ccccc43)[C@H]2C(=O)N1Cc1ccccc1. The van der Waals surface area contributed by atoms with Crippen molar-refractivity contribution in [3.05, 3.63) is 102 Å². The van der Waals surface area contributed by atoms with Crippen LogP contribution < -0.4 is 4.90 Å². The Morgan fingerprint density at radius 3 is 2.03 bits per heavy atom. The van der Waals surface area contributed by atoms with Gasteiger partial charge < -0.3 is 4.90 Å². The van der Waals surface area contributed by atoms with Crippen molar-refractivity contribution in [3.8, 4) is 0 Å². The second-order valence-electron chi connectivity index (χ2n) is 10.3. The number of hydrogen-bond acceptors (Lipinski definition) is 4. The smallest absolute Gasteiger partial charge is 0.253 e. The van der Waals surface area contributed by atoms with Gasteiger partial charge >= 0.3 is 0 Å². The molecule has 0 aromatic heterocycles. The highest BCUT2D eigenvalue weighted by Crippen LogP contribution is 2.61. The summed E-state index contributed by atoms with van der Waals surface area (Å²) in [5.41, 5.74) is 2.53. The van der Waals surface area contributed by atoms with E-state index in [4.69, 9.17) is 0 Å². The summed E-state index contributed by atoms with van der Waals surface area (Å²) in [6.07, 6.45) is 1.75. The molecule has 6 nitrogen and oxygen atoms in total. The van der Waals surface area contributed by atoms with Gasteiger partial charge in [-0.25, -0.2) is 0 Å². The zero-order chi connectivity index (χ0) is 24.4. The van der Waals surface area contributed by atoms with E-state index in [1.807, 2.05) is 89.8 Å². The predicted molar refractivity (Wildman–Crippen MR) is 134 cm³/mol. The lowest BCUT2D eigenvalue weighted by Crippen LogP contribution is -2.55. The lowest BCUT2D eigenvalue weighted by atomic mass is 9.75. The molecular weight excluding hydrogens is 450 g/mol. The van der Waals surface area contributed by atoms with Crippen molar-refractivity contribution in [1.29, 1.82) is 0 Å². The Kier molecular flexibility index (Phi) is 4.70. The van der Waals surface area contributed by atoms with Crippen LogP contribution in [0.25, 0.3) is 0 Å². The average Bonchev–Trinajstić information content (AvgIpc) is 3.61. The van der Waals surface area contributed by atoms with E-state index in [-0.39, 0.29) is 30.3 Å². The number of hydrogen-bond donors (Lipinski definition) is 0. The number of rotatable bonds is 4. The van der Waals surface area contributed by atoms with Gasteiger partial charge in [0.2, 0.25) is 11.8 Å². The Bertz CT molecular complexity index is 1370. The summed E-state index contributed by atoms with van der Waals surface area (Å²) < 4.78 is 0. The highest BCUT2D eigenvalue weighted by atomic mass is 16.2. The molecule has 4 aliphatic heterocycles. The Balaban J connectivity index is 1.36. The molecule has 6 heteroatoms. The summed E-state index contributed by atoms with van der Waals surface area (Å²) in [4.78, 5) is 48.0. The zero-order valence-corrected chi connectivity index (χ0v) is 19.9. The van der Waals surface area contributed by atoms with Crippen molar-refractivity contribution in [3.63, 3.8) is 0 Å². The lowest BCUT2D eigenvalue weighted by molar-refractivity contribution is -0.146. The molecule has 4 heterocycles. The molecule has 180 valence electrons. The molecule has 36 heavy (non-hydrogen) atoms. The number of amides is 3. The third-order valence-electron chi connectivity index (χ3n) is 8.60. The first-order chi connectivity index (χ1) is 17.6. The molecule has 4 atom stereocenters. The van der Waals surface area contributed by atoms with Crippen molar-refractivity contribution in [2.45, 2.75) is 37.5 Å². The van der Waals surface area contributed by atoms with Gasteiger partial charge in [-0.1, -0.05) is 78.9 Å². The number of nitrogens with zero attached hydrogens (tertiary/aromatic N) is 3. The van der Waals surface area contributed by atoms with Gasteiger partial charge in [0.1, 0.15) is 5.54 Å². The predicted octanol–water partition coefficient (Wildman–Crippen LogP) is 3.71. The van der Waals surface area contributed by atoms with Crippen LogP contribution in [0.5, 0.6) is 0 Å². The molecule has 3 amide bonds. The summed E-state index contributed by atoms with van der Waals surface area (Å²) in [6.45, 7) is 1.40. The molecule has 0 radical (unpaired) electrons. The van der Waals surface area contributed by atoms with Crippen molar-refractivity contribution in [2.75, 3.05) is 11.4 Å². The molecule has 3 fully saturated rings. The number of anilines is 1. The molecule has 0 aliphatic carbocycles. The molecular formula is C30H27N3O3. The van der Waals surface area contributed by atoms with E-state index in [9.17, 15) is 14.4 Å². The number of benzene rings is 3. The van der Waals surface area contributed by atoms with Crippen LogP contribution in [-0.2, 0) is 33.0 Å². The summed E-state index contributed by atoms with van der Waals surface area (Å²) in [5, 5.41) is 0. The van der Waals surface area contributed by atoms with E-state index < -0.39 is 17.4 Å². The largest absolute Gasteiger partial charge is 0.306 e. The first kappa shape index (κ1) is 21.5. The van der Waals surface area contributed by atoms with Gasteiger partial charge in [-0.05, 0) is 36.6 Å². The van der Waals surface area contributed by atoms with Crippen LogP contribution in [0.4, 0.5) is 5.69 Å². The lowest BCUT2D eigenvalue weighted by Gasteiger charge is -2.37. The number of carbonyl (C=O) groups is 3. The number of para-hydroxylation sites is 1. The zero-order valence-electron chi connectivity index (χ0n) is 19.9. The second-order valence-corrected chi connectivity index (χ2v) is 10.3. The molecule has 0 saturated carbocycles. The molecule has 1 spiro atoms. The van der Waals surface area contributed by atoms with Gasteiger partial charge in [0.05, 0.1) is 24.9 Å². The van der Waals surface area contributed by atoms with E-state index in [0.29, 0.717) is 6.54 Å². The average molecular weight is 478 g/mol. The molecule has 3 aromatic carbocycles. The van der Waals surface area contributed by atoms with Crippen LogP contribution in [0, 0.1) is 11.8 Å². The molecule has 7 rings (SSSR count). The quantitative estimate of drug-likeness (QED) is 0.538. The molecule has 3 saturated heterocycles. The standard InChI is InChI=1S/C30H27N3O3/c34-27-25-24-16-9-17-33(24)30(26(25)28(35)32(27)19-21-12-5-2-6-13-21)22-14-7-8-15-23(22)31(29(30)36)18-20-10-3-1-4-11-20/h1-8,10-15,24-26H,9,16-19H2/t24-,25-,26-,30+/m1/s1. The van der Waals surface area contributed by atoms with Crippen LogP contribution in [0.1, 0.15) is 29.5 Å². The van der Waals surface area contributed by atoms with E-state index in [0.717, 1.165) is 41.8 Å². The maximum atomic E-state index is 14.6. The van der Waals surface area contributed by atoms with E-state index in [1.165, 1.54) is 4.90 Å². The van der Waals surface area contributed by atoms with Gasteiger partial charge in [0.25, 0.3) is 5.91 Å². The normalized spacial score (nSPS) is 28.8. The first-order valence-corrected chi connectivity index (χ1v) is 12.7. The minimum atomic E-state index is -1.13. The Hall–Kier alpha value is -3.77. The Morgan fingerprint density at radius 1 is 0.722 bits per heavy atom.